The third-order valence-corrected chi connectivity index (χ3v) is 7.85. The van der Waals surface area contributed by atoms with Crippen molar-refractivity contribution in [3.8, 4) is 34.3 Å². The zero-order valence-electron chi connectivity index (χ0n) is 19.2. The lowest BCUT2D eigenvalue weighted by Gasteiger charge is -2.29. The molecule has 166 valence electrons. The summed E-state index contributed by atoms with van der Waals surface area (Å²) >= 11 is 0. The van der Waals surface area contributed by atoms with E-state index in [-0.39, 0.29) is 5.04 Å². The molecule has 1 aromatic heterocycles. The van der Waals surface area contributed by atoms with E-state index in [1.807, 2.05) is 18.2 Å². The van der Waals surface area contributed by atoms with Crippen LogP contribution in [0.15, 0.2) is 34.7 Å². The number of carbonyl (C=O) groups excluding carboxylic acids is 1. The molecule has 0 saturated heterocycles. The minimum atomic E-state index is -0.912. The Bertz CT molecular complexity index is 1060. The molecule has 0 fully saturated rings. The molecule has 6 nitrogen and oxygen atoms in total. The van der Waals surface area contributed by atoms with Crippen LogP contribution in [0.25, 0.3) is 22.3 Å². The van der Waals surface area contributed by atoms with E-state index in [2.05, 4.69) is 27.7 Å². The van der Waals surface area contributed by atoms with E-state index in [1.165, 1.54) is 0 Å². The number of ether oxygens (including phenoxy) is 3. The molecule has 7 heteroatoms. The normalized spacial score (nSPS) is 12.0. The van der Waals surface area contributed by atoms with E-state index in [1.54, 1.807) is 33.5 Å². The Morgan fingerprint density at radius 2 is 1.55 bits per heavy atom. The summed E-state index contributed by atoms with van der Waals surface area (Å²) in [5.74, 6) is 3.42. The Balaban J connectivity index is 2.06. The van der Waals surface area contributed by atoms with Crippen molar-refractivity contribution in [3.05, 3.63) is 35.9 Å². The van der Waals surface area contributed by atoms with Gasteiger partial charge in [0.15, 0.2) is 28.6 Å². The predicted octanol–water partition coefficient (Wildman–Crippen LogP) is 5.26. The standard InChI is InChI=1S/C24H30O6Si/c1-14(2)24(3,4)31-30-23-20(27-6)10-16(11-21(23)28-7)18-12-17-8-15(13-25)9-19(26-5)22(17)29-18/h8-14H,31H2,1-7H3. The summed E-state index contributed by atoms with van der Waals surface area (Å²) in [4.78, 5) is 11.2. The van der Waals surface area contributed by atoms with Gasteiger partial charge in [-0.25, -0.2) is 0 Å². The maximum Gasteiger partial charge on any atom is 0.225 e. The van der Waals surface area contributed by atoms with Crippen molar-refractivity contribution in [1.82, 2.24) is 0 Å². The molecule has 3 rings (SSSR count). The van der Waals surface area contributed by atoms with Crippen LogP contribution in [0.4, 0.5) is 0 Å². The van der Waals surface area contributed by atoms with Gasteiger partial charge in [-0.2, -0.15) is 0 Å². The molecule has 1 heterocycles. The second-order valence-corrected chi connectivity index (χ2v) is 10.9. The van der Waals surface area contributed by atoms with Crippen LogP contribution >= 0.6 is 0 Å². The largest absolute Gasteiger partial charge is 0.544 e. The zero-order valence-corrected chi connectivity index (χ0v) is 20.6. The highest BCUT2D eigenvalue weighted by Gasteiger charge is 2.26. The lowest BCUT2D eigenvalue weighted by atomic mass is 9.99. The maximum atomic E-state index is 11.2. The van der Waals surface area contributed by atoms with Crippen molar-refractivity contribution in [2.45, 2.75) is 32.7 Å². The number of hydrogen-bond donors (Lipinski definition) is 0. The van der Waals surface area contributed by atoms with Gasteiger partial charge >= 0.3 is 0 Å². The van der Waals surface area contributed by atoms with Crippen molar-refractivity contribution in [2.75, 3.05) is 21.3 Å². The molecule has 0 N–H and O–H groups in total. The van der Waals surface area contributed by atoms with Crippen LogP contribution in [0.3, 0.4) is 0 Å². The highest BCUT2D eigenvalue weighted by atomic mass is 28.2. The molecule has 0 bridgehead atoms. The quantitative estimate of drug-likeness (QED) is 0.333. The SMILES string of the molecule is COc1cc(-c2cc3cc(C=O)cc(OC)c3o2)cc(OC)c1O[SiH2]C(C)(C)C(C)C. The monoisotopic (exact) mass is 442 g/mol. The van der Waals surface area contributed by atoms with Gasteiger partial charge in [0, 0.05) is 16.5 Å². The zero-order chi connectivity index (χ0) is 22.8. The van der Waals surface area contributed by atoms with Gasteiger partial charge in [0.05, 0.1) is 21.3 Å². The second-order valence-electron chi connectivity index (χ2n) is 8.51. The fraction of sp³-hybridized carbons (Fsp3) is 0.375. The average Bonchev–Trinajstić information content (AvgIpc) is 3.20. The molecule has 0 unspecified atom stereocenters. The highest BCUT2D eigenvalue weighted by molar-refractivity contribution is 6.33. The third kappa shape index (κ3) is 4.56. The molecule has 0 aliphatic heterocycles. The van der Waals surface area contributed by atoms with Crippen molar-refractivity contribution >= 4 is 27.0 Å². The van der Waals surface area contributed by atoms with Crippen LogP contribution in [-0.4, -0.2) is 37.4 Å². The molecule has 0 aliphatic rings. The molecule has 0 amide bonds. The molecule has 0 saturated carbocycles. The van der Waals surface area contributed by atoms with Crippen molar-refractivity contribution in [2.24, 2.45) is 5.92 Å². The summed E-state index contributed by atoms with van der Waals surface area (Å²) in [5, 5.41) is 0.904. The van der Waals surface area contributed by atoms with Crippen LogP contribution in [-0.2, 0) is 0 Å². The van der Waals surface area contributed by atoms with E-state index >= 15 is 0 Å². The molecule has 0 aliphatic carbocycles. The first-order chi connectivity index (χ1) is 14.7. The Kier molecular flexibility index (Phi) is 6.64. The molecular weight excluding hydrogens is 412 g/mol. The van der Waals surface area contributed by atoms with Crippen molar-refractivity contribution in [3.63, 3.8) is 0 Å². The number of furan rings is 1. The molecule has 0 radical (unpaired) electrons. The van der Waals surface area contributed by atoms with Crippen LogP contribution in [0.2, 0.25) is 5.04 Å². The van der Waals surface area contributed by atoms with E-state index in [0.29, 0.717) is 45.8 Å². The molecule has 0 atom stereocenters. The van der Waals surface area contributed by atoms with Crippen LogP contribution < -0.4 is 18.6 Å². The van der Waals surface area contributed by atoms with E-state index in [4.69, 9.17) is 23.1 Å². The van der Waals surface area contributed by atoms with Gasteiger partial charge in [-0.05, 0) is 41.3 Å². The van der Waals surface area contributed by atoms with E-state index < -0.39 is 9.76 Å². The second kappa shape index (κ2) is 9.06. The Hall–Kier alpha value is -2.93. The van der Waals surface area contributed by atoms with Crippen molar-refractivity contribution < 1.29 is 27.8 Å². The molecular formula is C24H30O6Si. The van der Waals surface area contributed by atoms with Gasteiger partial charge < -0.3 is 23.1 Å². The highest BCUT2D eigenvalue weighted by Crippen LogP contribution is 2.44. The average molecular weight is 443 g/mol. The van der Waals surface area contributed by atoms with E-state index in [9.17, 15) is 4.79 Å². The maximum absolute atomic E-state index is 11.2. The Morgan fingerprint density at radius 1 is 0.935 bits per heavy atom. The van der Waals surface area contributed by atoms with Gasteiger partial charge in [-0.15, -0.1) is 0 Å². The van der Waals surface area contributed by atoms with Gasteiger partial charge in [0.1, 0.15) is 12.0 Å². The third-order valence-electron chi connectivity index (χ3n) is 5.86. The summed E-state index contributed by atoms with van der Waals surface area (Å²) in [6.45, 7) is 8.87. The molecule has 0 spiro atoms. The van der Waals surface area contributed by atoms with Crippen LogP contribution in [0, 0.1) is 5.92 Å². The van der Waals surface area contributed by atoms with Gasteiger partial charge in [0.2, 0.25) is 9.76 Å². The molecule has 31 heavy (non-hydrogen) atoms. The number of fused-ring (bicyclic) bond motifs is 1. The number of carbonyl (C=O) groups is 1. The fourth-order valence-electron chi connectivity index (χ4n) is 3.09. The minimum Gasteiger partial charge on any atom is -0.544 e. The van der Waals surface area contributed by atoms with Gasteiger partial charge in [-0.1, -0.05) is 27.7 Å². The number of aldehydes is 1. The summed E-state index contributed by atoms with van der Waals surface area (Å²) in [6.07, 6.45) is 0.787. The Labute approximate surface area is 185 Å². The topological polar surface area (TPSA) is 67.1 Å². The smallest absolute Gasteiger partial charge is 0.225 e. The van der Waals surface area contributed by atoms with Crippen LogP contribution in [0.5, 0.6) is 23.0 Å². The summed E-state index contributed by atoms with van der Waals surface area (Å²) < 4.78 is 29.0. The Morgan fingerprint density at radius 3 is 2.06 bits per heavy atom. The lowest BCUT2D eigenvalue weighted by Crippen LogP contribution is -2.24. The first-order valence-corrected chi connectivity index (χ1v) is 11.5. The van der Waals surface area contributed by atoms with Gasteiger partial charge in [0.25, 0.3) is 0 Å². The summed E-state index contributed by atoms with van der Waals surface area (Å²) in [6, 6.07) is 9.04. The van der Waals surface area contributed by atoms with Gasteiger partial charge in [-0.3, -0.25) is 4.79 Å². The number of benzene rings is 2. The first-order valence-electron chi connectivity index (χ1n) is 10.2. The first kappa shape index (κ1) is 22.7. The van der Waals surface area contributed by atoms with Crippen LogP contribution in [0.1, 0.15) is 38.1 Å². The number of rotatable bonds is 9. The fourth-order valence-corrected chi connectivity index (χ4v) is 4.23. The lowest BCUT2D eigenvalue weighted by molar-refractivity contribution is 0.112. The molecule has 2 aromatic carbocycles. The number of hydrogen-bond acceptors (Lipinski definition) is 6. The number of methoxy groups -OCH3 is 3. The van der Waals surface area contributed by atoms with Crippen molar-refractivity contribution in [1.29, 1.82) is 0 Å². The predicted molar refractivity (Wildman–Crippen MR) is 125 cm³/mol. The van der Waals surface area contributed by atoms with E-state index in [0.717, 1.165) is 17.2 Å². The minimum absolute atomic E-state index is 0.125. The summed E-state index contributed by atoms with van der Waals surface area (Å²) in [7, 11) is 3.86. The molecule has 3 aromatic rings. The summed E-state index contributed by atoms with van der Waals surface area (Å²) in [5.41, 5.74) is 1.87.